The molecule has 8 nitrogen and oxygen atoms in total. The van der Waals surface area contributed by atoms with Crippen LogP contribution in [-0.2, 0) is 14.8 Å². The molecular weight excluding hydrogens is 478 g/mol. The van der Waals surface area contributed by atoms with Crippen molar-refractivity contribution in [3.8, 4) is 11.5 Å². The van der Waals surface area contributed by atoms with Gasteiger partial charge in [-0.1, -0.05) is 17.7 Å². The summed E-state index contributed by atoms with van der Waals surface area (Å²) >= 11 is 6.11. The Hall–Kier alpha value is -2.49. The first kappa shape index (κ1) is 24.6. The van der Waals surface area contributed by atoms with Crippen LogP contribution in [0.15, 0.2) is 47.4 Å². The average molecular weight is 508 g/mol. The number of ether oxygens (including phenoxy) is 2. The van der Waals surface area contributed by atoms with Crippen LogP contribution in [0.5, 0.6) is 11.5 Å². The Morgan fingerprint density at radius 3 is 2.38 bits per heavy atom. The van der Waals surface area contributed by atoms with Gasteiger partial charge in [0.05, 0.1) is 25.0 Å². The molecule has 1 atom stereocenters. The van der Waals surface area contributed by atoms with E-state index in [0.717, 1.165) is 5.69 Å². The molecule has 0 radical (unpaired) electrons. The van der Waals surface area contributed by atoms with Crippen LogP contribution >= 0.6 is 11.6 Å². The third-order valence-corrected chi connectivity index (χ3v) is 8.59. The Morgan fingerprint density at radius 2 is 1.71 bits per heavy atom. The number of rotatable bonds is 6. The number of amides is 1. The van der Waals surface area contributed by atoms with Gasteiger partial charge in [0.1, 0.15) is 0 Å². The first-order valence-electron chi connectivity index (χ1n) is 11.3. The minimum atomic E-state index is -3.76. The lowest BCUT2D eigenvalue weighted by Gasteiger charge is -2.39. The van der Waals surface area contributed by atoms with E-state index in [1.807, 2.05) is 29.2 Å². The number of piperazine rings is 1. The van der Waals surface area contributed by atoms with E-state index < -0.39 is 10.0 Å². The second-order valence-electron chi connectivity index (χ2n) is 8.51. The predicted octanol–water partition coefficient (Wildman–Crippen LogP) is 3.11. The molecule has 0 N–H and O–H groups in total. The van der Waals surface area contributed by atoms with Crippen molar-refractivity contribution in [2.45, 2.75) is 17.7 Å². The molecule has 2 aliphatic rings. The van der Waals surface area contributed by atoms with Gasteiger partial charge in [-0.2, -0.15) is 4.31 Å². The van der Waals surface area contributed by atoms with Crippen molar-refractivity contribution in [1.29, 1.82) is 0 Å². The van der Waals surface area contributed by atoms with Crippen LogP contribution in [0.25, 0.3) is 0 Å². The van der Waals surface area contributed by atoms with Gasteiger partial charge in [-0.15, -0.1) is 0 Å². The van der Waals surface area contributed by atoms with Crippen LogP contribution in [0, 0.1) is 5.92 Å². The summed E-state index contributed by atoms with van der Waals surface area (Å²) in [6, 6.07) is 12.3. The molecule has 2 aromatic carbocycles. The lowest BCUT2D eigenvalue weighted by atomic mass is 9.97. The first-order valence-corrected chi connectivity index (χ1v) is 13.2. The van der Waals surface area contributed by atoms with Gasteiger partial charge in [-0.05, 0) is 43.2 Å². The molecule has 0 unspecified atom stereocenters. The molecule has 34 heavy (non-hydrogen) atoms. The van der Waals surface area contributed by atoms with E-state index in [-0.39, 0.29) is 23.3 Å². The van der Waals surface area contributed by atoms with Gasteiger partial charge in [0.25, 0.3) is 0 Å². The Labute approximate surface area is 206 Å². The number of hydrogen-bond donors (Lipinski definition) is 0. The number of benzene rings is 2. The topological polar surface area (TPSA) is 79.4 Å². The maximum atomic E-state index is 13.3. The van der Waals surface area contributed by atoms with Gasteiger partial charge in [0.2, 0.25) is 15.9 Å². The smallest absolute Gasteiger partial charge is 0.243 e. The fraction of sp³-hybridized carbons (Fsp3) is 0.458. The van der Waals surface area contributed by atoms with Crippen molar-refractivity contribution in [3.05, 3.63) is 47.5 Å². The summed E-state index contributed by atoms with van der Waals surface area (Å²) in [7, 11) is -0.789. The molecule has 0 spiro atoms. The maximum Gasteiger partial charge on any atom is 0.243 e. The van der Waals surface area contributed by atoms with Crippen LogP contribution in [0.1, 0.15) is 12.8 Å². The Morgan fingerprint density at radius 1 is 0.971 bits per heavy atom. The van der Waals surface area contributed by atoms with Crippen molar-refractivity contribution >= 4 is 33.2 Å². The molecular formula is C24H30ClN3O5S. The molecule has 2 fully saturated rings. The molecule has 0 aliphatic carbocycles. The Bertz CT molecular complexity index is 1140. The fourth-order valence-corrected chi connectivity index (χ4v) is 6.33. The van der Waals surface area contributed by atoms with Crippen LogP contribution < -0.4 is 14.4 Å². The summed E-state index contributed by atoms with van der Waals surface area (Å²) in [6.07, 6.45) is 1.33. The highest BCUT2D eigenvalue weighted by Gasteiger charge is 2.36. The zero-order valence-corrected chi connectivity index (χ0v) is 21.0. The molecule has 2 heterocycles. The minimum absolute atomic E-state index is 0.0259. The number of nitrogens with zero attached hydrogens (tertiary/aromatic N) is 3. The Kier molecular flexibility index (Phi) is 7.54. The van der Waals surface area contributed by atoms with Gasteiger partial charge in [-0.25, -0.2) is 8.42 Å². The summed E-state index contributed by atoms with van der Waals surface area (Å²) in [6.45, 7) is 3.21. The number of carbonyl (C=O) groups is 1. The van der Waals surface area contributed by atoms with Crippen molar-refractivity contribution in [1.82, 2.24) is 9.21 Å². The zero-order chi connectivity index (χ0) is 24.3. The highest BCUT2D eigenvalue weighted by Crippen LogP contribution is 2.32. The van der Waals surface area contributed by atoms with Crippen molar-refractivity contribution in [2.24, 2.45) is 5.92 Å². The molecule has 184 valence electrons. The van der Waals surface area contributed by atoms with E-state index in [1.165, 1.54) is 30.7 Å². The highest BCUT2D eigenvalue weighted by atomic mass is 35.5. The van der Waals surface area contributed by atoms with Gasteiger partial charge in [0, 0.05) is 56.0 Å². The van der Waals surface area contributed by atoms with Gasteiger partial charge >= 0.3 is 0 Å². The number of piperidine rings is 1. The molecule has 0 bridgehead atoms. The van der Waals surface area contributed by atoms with Crippen LogP contribution in [-0.4, -0.2) is 77.0 Å². The molecule has 4 rings (SSSR count). The molecule has 1 amide bonds. The minimum Gasteiger partial charge on any atom is -0.493 e. The maximum absolute atomic E-state index is 13.3. The summed E-state index contributed by atoms with van der Waals surface area (Å²) in [4.78, 5) is 17.5. The summed E-state index contributed by atoms with van der Waals surface area (Å²) in [5.41, 5.74) is 1.05. The second-order valence-corrected chi connectivity index (χ2v) is 10.9. The third kappa shape index (κ3) is 5.11. The molecule has 0 aromatic heterocycles. The van der Waals surface area contributed by atoms with Gasteiger partial charge < -0.3 is 19.3 Å². The normalized spacial score (nSPS) is 19.7. The van der Waals surface area contributed by atoms with Crippen LogP contribution in [0.2, 0.25) is 5.02 Å². The van der Waals surface area contributed by atoms with Crippen LogP contribution in [0.3, 0.4) is 0 Å². The fourth-order valence-electron chi connectivity index (χ4n) is 4.60. The summed E-state index contributed by atoms with van der Waals surface area (Å²) in [5, 5.41) is 0.689. The number of carbonyl (C=O) groups excluding carboxylic acids is 1. The number of anilines is 1. The Balaban J connectivity index is 1.41. The number of hydrogen-bond acceptors (Lipinski definition) is 6. The van der Waals surface area contributed by atoms with Crippen molar-refractivity contribution < 1.29 is 22.7 Å². The monoisotopic (exact) mass is 507 g/mol. The van der Waals surface area contributed by atoms with Gasteiger partial charge in [-0.3, -0.25) is 4.79 Å². The van der Waals surface area contributed by atoms with Crippen molar-refractivity contribution in [2.75, 3.05) is 58.4 Å². The largest absolute Gasteiger partial charge is 0.493 e. The molecule has 10 heteroatoms. The van der Waals surface area contributed by atoms with E-state index in [2.05, 4.69) is 4.90 Å². The lowest BCUT2D eigenvalue weighted by molar-refractivity contribution is -0.137. The quantitative estimate of drug-likeness (QED) is 0.598. The van der Waals surface area contributed by atoms with E-state index in [9.17, 15) is 13.2 Å². The zero-order valence-electron chi connectivity index (χ0n) is 19.4. The summed E-state index contributed by atoms with van der Waals surface area (Å²) < 4.78 is 38.5. The standard InChI is InChI=1S/C24H30ClN3O5S/c1-32-22-9-8-21(16-23(22)33-2)34(30,31)28-10-4-5-18(17-28)24(29)27-13-11-26(12-14-27)20-7-3-6-19(25)15-20/h3,6-9,15-16,18H,4-5,10-14,17H2,1-2H3/t18-/m1/s1. The van der Waals surface area contributed by atoms with Crippen molar-refractivity contribution in [3.63, 3.8) is 0 Å². The molecule has 0 saturated carbocycles. The highest BCUT2D eigenvalue weighted by molar-refractivity contribution is 7.89. The van der Waals surface area contributed by atoms with E-state index in [0.29, 0.717) is 62.1 Å². The predicted molar refractivity (Wildman–Crippen MR) is 131 cm³/mol. The second kappa shape index (κ2) is 10.4. The number of halogens is 1. The number of sulfonamides is 1. The van der Waals surface area contributed by atoms with E-state index >= 15 is 0 Å². The van der Waals surface area contributed by atoms with Gasteiger partial charge in [0.15, 0.2) is 11.5 Å². The number of methoxy groups -OCH3 is 2. The van der Waals surface area contributed by atoms with E-state index in [1.54, 1.807) is 6.07 Å². The molecule has 2 aliphatic heterocycles. The SMILES string of the molecule is COc1ccc(S(=O)(=O)N2CCC[C@@H](C(=O)N3CCN(c4cccc(Cl)c4)CC3)C2)cc1OC. The molecule has 2 aromatic rings. The third-order valence-electron chi connectivity index (χ3n) is 6.49. The summed E-state index contributed by atoms with van der Waals surface area (Å²) in [5.74, 6) is 0.496. The van der Waals surface area contributed by atoms with E-state index in [4.69, 9.17) is 21.1 Å². The van der Waals surface area contributed by atoms with Crippen LogP contribution in [0.4, 0.5) is 5.69 Å². The molecule has 2 saturated heterocycles. The average Bonchev–Trinajstić information content (AvgIpc) is 2.88. The first-order chi connectivity index (χ1) is 16.3. The lowest BCUT2D eigenvalue weighted by Crippen LogP contribution is -2.53.